The normalized spacial score (nSPS) is 10.7. The smallest absolute Gasteiger partial charge is 0.285 e. The van der Waals surface area contributed by atoms with Crippen molar-refractivity contribution in [3.8, 4) is 0 Å². The summed E-state index contributed by atoms with van der Waals surface area (Å²) in [4.78, 5) is 31.7. The van der Waals surface area contributed by atoms with Crippen LogP contribution in [0.25, 0.3) is 0 Å². The van der Waals surface area contributed by atoms with Gasteiger partial charge >= 0.3 is 0 Å². The molecule has 0 radical (unpaired) electrons. The molecule has 0 aliphatic rings. The van der Waals surface area contributed by atoms with Crippen LogP contribution in [0.4, 0.5) is 0 Å². The summed E-state index contributed by atoms with van der Waals surface area (Å²) in [5, 5.41) is 0. The molecule has 0 unspecified atom stereocenters. The van der Waals surface area contributed by atoms with E-state index < -0.39 is 23.0 Å². The van der Waals surface area contributed by atoms with Gasteiger partial charge in [0.1, 0.15) is 5.41 Å². The van der Waals surface area contributed by atoms with E-state index in [2.05, 4.69) is 5.73 Å². The average molecular weight is 158 g/mol. The van der Waals surface area contributed by atoms with Crippen LogP contribution in [0, 0.1) is 5.41 Å². The third kappa shape index (κ3) is 1.76. The summed E-state index contributed by atoms with van der Waals surface area (Å²) >= 11 is 0. The molecule has 62 valence electrons. The molecule has 0 atom stereocenters. The van der Waals surface area contributed by atoms with Crippen molar-refractivity contribution >= 4 is 17.6 Å². The molecule has 11 heavy (non-hydrogen) atoms. The molecule has 0 spiro atoms. The molecular weight excluding hydrogens is 148 g/mol. The summed E-state index contributed by atoms with van der Waals surface area (Å²) in [5.74, 6) is -2.97. The Balaban J connectivity index is 4.70. The fraction of sp³-hybridized carbons (Fsp3) is 0.500. The number of carbonyl (C=O) groups is 3. The molecule has 0 aromatic heterocycles. The van der Waals surface area contributed by atoms with Gasteiger partial charge in [-0.2, -0.15) is 0 Å². The van der Waals surface area contributed by atoms with Crippen molar-refractivity contribution in [2.24, 2.45) is 16.9 Å². The van der Waals surface area contributed by atoms with Crippen LogP contribution in [0.1, 0.15) is 13.8 Å². The first-order chi connectivity index (χ1) is 4.80. The number of Topliss-reactive ketones (excluding diaryl/α,β-unsaturated/α-hetero) is 1. The van der Waals surface area contributed by atoms with Gasteiger partial charge in [0.15, 0.2) is 0 Å². The Morgan fingerprint density at radius 1 is 1.09 bits per heavy atom. The highest BCUT2D eigenvalue weighted by Crippen LogP contribution is 2.14. The molecule has 0 aromatic carbocycles. The summed E-state index contributed by atoms with van der Waals surface area (Å²) in [5.41, 5.74) is 8.01. The number of nitrogens with two attached hydrogens (primary N) is 2. The second kappa shape index (κ2) is 2.69. The van der Waals surface area contributed by atoms with Crippen LogP contribution in [0.3, 0.4) is 0 Å². The molecule has 0 saturated heterocycles. The van der Waals surface area contributed by atoms with Gasteiger partial charge in [0.05, 0.1) is 0 Å². The lowest BCUT2D eigenvalue weighted by molar-refractivity contribution is -0.146. The van der Waals surface area contributed by atoms with Crippen LogP contribution in [0.15, 0.2) is 0 Å². The van der Waals surface area contributed by atoms with Crippen LogP contribution < -0.4 is 11.5 Å². The number of hydrogen-bond acceptors (Lipinski definition) is 3. The Bertz CT molecular complexity index is 220. The molecule has 0 bridgehead atoms. The highest BCUT2D eigenvalue weighted by atomic mass is 16.2. The van der Waals surface area contributed by atoms with E-state index in [1.54, 1.807) is 0 Å². The number of rotatable bonds is 3. The van der Waals surface area contributed by atoms with E-state index in [-0.39, 0.29) is 0 Å². The van der Waals surface area contributed by atoms with E-state index >= 15 is 0 Å². The molecule has 5 nitrogen and oxygen atoms in total. The van der Waals surface area contributed by atoms with Crippen molar-refractivity contribution in [2.45, 2.75) is 13.8 Å². The van der Waals surface area contributed by atoms with Crippen molar-refractivity contribution in [2.75, 3.05) is 0 Å². The molecule has 4 N–H and O–H groups in total. The highest BCUT2D eigenvalue weighted by Gasteiger charge is 2.37. The molecule has 0 aliphatic carbocycles. The van der Waals surface area contributed by atoms with E-state index in [0.29, 0.717) is 0 Å². The van der Waals surface area contributed by atoms with Crippen LogP contribution in [0.2, 0.25) is 0 Å². The van der Waals surface area contributed by atoms with Crippen molar-refractivity contribution in [3.63, 3.8) is 0 Å². The first-order valence-electron chi connectivity index (χ1n) is 2.94. The second-order valence-electron chi connectivity index (χ2n) is 2.68. The molecule has 0 heterocycles. The predicted molar refractivity (Wildman–Crippen MR) is 37.2 cm³/mol. The van der Waals surface area contributed by atoms with Crippen molar-refractivity contribution in [1.82, 2.24) is 0 Å². The van der Waals surface area contributed by atoms with Crippen LogP contribution in [0.5, 0.6) is 0 Å². The maximum absolute atomic E-state index is 10.8. The standard InChI is InChI=1S/C6H10N2O3/c1-6(2,5(8)11)3(9)4(7)10/h1-2H3,(H2,7,10)(H2,8,11). The first kappa shape index (κ1) is 9.61. The van der Waals surface area contributed by atoms with E-state index in [9.17, 15) is 14.4 Å². The third-order valence-electron chi connectivity index (χ3n) is 1.41. The molecule has 0 aromatic rings. The van der Waals surface area contributed by atoms with Gasteiger partial charge in [-0.15, -0.1) is 0 Å². The minimum Gasteiger partial charge on any atom is -0.369 e. The molecule has 5 heteroatoms. The zero-order chi connectivity index (χ0) is 9.23. The molecule has 0 saturated carbocycles. The fourth-order valence-corrected chi connectivity index (χ4v) is 0.420. The largest absolute Gasteiger partial charge is 0.369 e. The molecule has 0 rings (SSSR count). The zero-order valence-electron chi connectivity index (χ0n) is 6.38. The minimum absolute atomic E-state index is 0.860. The van der Waals surface area contributed by atoms with Gasteiger partial charge < -0.3 is 11.5 Å². The lowest BCUT2D eigenvalue weighted by Crippen LogP contribution is -2.44. The Morgan fingerprint density at radius 2 is 1.45 bits per heavy atom. The topological polar surface area (TPSA) is 103 Å². The van der Waals surface area contributed by atoms with Gasteiger partial charge in [-0.05, 0) is 13.8 Å². The third-order valence-corrected chi connectivity index (χ3v) is 1.41. The highest BCUT2D eigenvalue weighted by molar-refractivity contribution is 6.41. The average Bonchev–Trinajstić information content (AvgIpc) is 1.85. The van der Waals surface area contributed by atoms with Crippen LogP contribution in [-0.4, -0.2) is 17.6 Å². The second-order valence-corrected chi connectivity index (χ2v) is 2.68. The van der Waals surface area contributed by atoms with Gasteiger partial charge in [-0.1, -0.05) is 0 Å². The maximum Gasteiger partial charge on any atom is 0.285 e. The molecule has 0 aliphatic heterocycles. The van der Waals surface area contributed by atoms with Crippen molar-refractivity contribution < 1.29 is 14.4 Å². The predicted octanol–water partition coefficient (Wildman–Crippen LogP) is -1.45. The number of primary amides is 2. The maximum atomic E-state index is 10.8. The van der Waals surface area contributed by atoms with Crippen LogP contribution >= 0.6 is 0 Å². The minimum atomic E-state index is -1.49. The Morgan fingerprint density at radius 3 is 1.55 bits per heavy atom. The number of hydrogen-bond donors (Lipinski definition) is 2. The quantitative estimate of drug-likeness (QED) is 0.388. The van der Waals surface area contributed by atoms with Gasteiger partial charge in [-0.3, -0.25) is 14.4 Å². The van der Waals surface area contributed by atoms with E-state index in [1.807, 2.05) is 0 Å². The first-order valence-corrected chi connectivity index (χ1v) is 2.94. The summed E-state index contributed by atoms with van der Waals surface area (Å²) in [6.45, 7) is 2.50. The summed E-state index contributed by atoms with van der Waals surface area (Å²) in [6.07, 6.45) is 0. The van der Waals surface area contributed by atoms with Crippen LogP contribution in [-0.2, 0) is 14.4 Å². The number of amides is 2. The van der Waals surface area contributed by atoms with Gasteiger partial charge in [-0.25, -0.2) is 0 Å². The van der Waals surface area contributed by atoms with E-state index in [4.69, 9.17) is 5.73 Å². The SMILES string of the molecule is CC(C)(C(N)=O)C(=O)C(N)=O. The van der Waals surface area contributed by atoms with E-state index in [0.717, 1.165) is 0 Å². The van der Waals surface area contributed by atoms with Crippen molar-refractivity contribution in [1.29, 1.82) is 0 Å². The van der Waals surface area contributed by atoms with Crippen molar-refractivity contribution in [3.05, 3.63) is 0 Å². The zero-order valence-corrected chi connectivity index (χ0v) is 6.38. The summed E-state index contributed by atoms with van der Waals surface area (Å²) in [6, 6.07) is 0. The Labute approximate surface area is 63.7 Å². The molecule has 2 amide bonds. The summed E-state index contributed by atoms with van der Waals surface area (Å²) in [7, 11) is 0. The van der Waals surface area contributed by atoms with E-state index in [1.165, 1.54) is 13.8 Å². The lowest BCUT2D eigenvalue weighted by Gasteiger charge is -2.15. The monoisotopic (exact) mass is 158 g/mol. The Hall–Kier alpha value is -1.39. The van der Waals surface area contributed by atoms with Gasteiger partial charge in [0.2, 0.25) is 11.7 Å². The van der Waals surface area contributed by atoms with Gasteiger partial charge in [0, 0.05) is 0 Å². The summed E-state index contributed by atoms with van der Waals surface area (Å²) < 4.78 is 0. The number of carbonyl (C=O) groups excluding carboxylic acids is 3. The molecular formula is C6H10N2O3. The van der Waals surface area contributed by atoms with Gasteiger partial charge in [0.25, 0.3) is 5.91 Å². The molecule has 0 fully saturated rings. The lowest BCUT2D eigenvalue weighted by atomic mass is 9.87. The fourth-order valence-electron chi connectivity index (χ4n) is 0.420. The number of ketones is 1. The Kier molecular flexibility index (Phi) is 2.35.